The lowest BCUT2D eigenvalue weighted by Crippen LogP contribution is -2.26. The number of rotatable bonds is 1. The summed E-state index contributed by atoms with van der Waals surface area (Å²) >= 11 is 3.44. The molecule has 1 aliphatic heterocycles. The molecule has 0 bridgehead atoms. The third-order valence-electron chi connectivity index (χ3n) is 2.90. The van der Waals surface area contributed by atoms with Crippen molar-refractivity contribution in [3.05, 3.63) is 28.2 Å². The van der Waals surface area contributed by atoms with Crippen LogP contribution in [0.1, 0.15) is 25.3 Å². The Morgan fingerprint density at radius 1 is 1.47 bits per heavy atom. The largest absolute Gasteiger partial charge is 0.369 e. The molecule has 0 N–H and O–H groups in total. The Morgan fingerprint density at radius 2 is 2.27 bits per heavy atom. The zero-order valence-corrected chi connectivity index (χ0v) is 10.3. The van der Waals surface area contributed by atoms with E-state index in [1.54, 1.807) is 0 Å². The molecule has 0 saturated carbocycles. The zero-order valence-electron chi connectivity index (χ0n) is 8.70. The highest BCUT2D eigenvalue weighted by Crippen LogP contribution is 2.28. The lowest BCUT2D eigenvalue weighted by Gasteiger charge is -2.24. The van der Waals surface area contributed by atoms with E-state index < -0.39 is 0 Å². The molecule has 0 amide bonds. The molecule has 1 unspecified atom stereocenters. The summed E-state index contributed by atoms with van der Waals surface area (Å²) < 4.78 is 0.982. The van der Waals surface area contributed by atoms with E-state index in [1.807, 2.05) is 12.1 Å². The van der Waals surface area contributed by atoms with Crippen molar-refractivity contribution in [1.29, 1.82) is 5.26 Å². The zero-order chi connectivity index (χ0) is 10.8. The number of hydrogen-bond donors (Lipinski definition) is 0. The van der Waals surface area contributed by atoms with Gasteiger partial charge in [-0.3, -0.25) is 0 Å². The highest BCUT2D eigenvalue weighted by molar-refractivity contribution is 9.10. The van der Waals surface area contributed by atoms with Crippen LogP contribution in [0.5, 0.6) is 0 Å². The van der Waals surface area contributed by atoms with E-state index in [0.717, 1.165) is 22.3 Å². The van der Waals surface area contributed by atoms with Crippen LogP contribution >= 0.6 is 15.9 Å². The first-order valence-corrected chi connectivity index (χ1v) is 5.97. The Balaban J connectivity index is 2.36. The molecular weight excluding hydrogens is 252 g/mol. The van der Waals surface area contributed by atoms with Gasteiger partial charge in [-0.1, -0.05) is 15.9 Å². The second-order valence-electron chi connectivity index (χ2n) is 3.99. The highest BCUT2D eigenvalue weighted by Gasteiger charge is 2.20. The van der Waals surface area contributed by atoms with Crippen LogP contribution < -0.4 is 4.90 Å². The summed E-state index contributed by atoms with van der Waals surface area (Å²) in [4.78, 5) is 2.37. The van der Waals surface area contributed by atoms with Crippen molar-refractivity contribution in [1.82, 2.24) is 0 Å². The van der Waals surface area contributed by atoms with Gasteiger partial charge in [0.05, 0.1) is 11.6 Å². The van der Waals surface area contributed by atoms with Crippen LogP contribution in [0, 0.1) is 11.3 Å². The lowest BCUT2D eigenvalue weighted by atomic mass is 10.2. The van der Waals surface area contributed by atoms with Crippen molar-refractivity contribution in [3.63, 3.8) is 0 Å². The molecule has 3 heteroatoms. The van der Waals surface area contributed by atoms with Crippen molar-refractivity contribution >= 4 is 21.6 Å². The lowest BCUT2D eigenvalue weighted by molar-refractivity contribution is 0.735. The van der Waals surface area contributed by atoms with Gasteiger partial charge in [0, 0.05) is 22.7 Å². The summed E-state index contributed by atoms with van der Waals surface area (Å²) in [6.45, 7) is 3.34. The average Bonchev–Trinajstić information content (AvgIpc) is 2.63. The normalized spacial score (nSPS) is 20.3. The van der Waals surface area contributed by atoms with Gasteiger partial charge in [0.1, 0.15) is 0 Å². The maximum Gasteiger partial charge on any atom is 0.0992 e. The van der Waals surface area contributed by atoms with E-state index in [0.29, 0.717) is 6.04 Å². The van der Waals surface area contributed by atoms with Gasteiger partial charge in [-0.15, -0.1) is 0 Å². The number of benzene rings is 1. The molecular formula is C12H13BrN2. The monoisotopic (exact) mass is 264 g/mol. The van der Waals surface area contributed by atoms with Gasteiger partial charge in [0.2, 0.25) is 0 Å². The van der Waals surface area contributed by atoms with Gasteiger partial charge < -0.3 is 4.90 Å². The first-order chi connectivity index (χ1) is 7.20. The Bertz CT molecular complexity index is 409. The maximum absolute atomic E-state index is 8.91. The third kappa shape index (κ3) is 2.15. The molecule has 1 fully saturated rings. The predicted molar refractivity (Wildman–Crippen MR) is 64.9 cm³/mol. The molecule has 1 aliphatic rings. The molecule has 0 aromatic heterocycles. The van der Waals surface area contributed by atoms with Crippen molar-refractivity contribution in [3.8, 4) is 6.07 Å². The van der Waals surface area contributed by atoms with E-state index in [-0.39, 0.29) is 0 Å². The summed E-state index contributed by atoms with van der Waals surface area (Å²) in [5.41, 5.74) is 1.88. The maximum atomic E-state index is 8.91. The minimum absolute atomic E-state index is 0.589. The molecule has 1 heterocycles. The van der Waals surface area contributed by atoms with Gasteiger partial charge in [-0.25, -0.2) is 0 Å². The first kappa shape index (κ1) is 10.5. The summed E-state index contributed by atoms with van der Waals surface area (Å²) in [6, 6.07) is 8.68. The van der Waals surface area contributed by atoms with Crippen LogP contribution in [0.4, 0.5) is 5.69 Å². The number of nitrogens with zero attached hydrogens (tertiary/aromatic N) is 2. The molecule has 1 aromatic carbocycles. The Hall–Kier alpha value is -1.01. The van der Waals surface area contributed by atoms with Crippen LogP contribution in [0.2, 0.25) is 0 Å². The van der Waals surface area contributed by atoms with E-state index in [4.69, 9.17) is 5.26 Å². The standard InChI is InChI=1S/C12H13BrN2/c1-9-3-2-4-15(9)12-6-10(8-14)5-11(13)7-12/h5-7,9H,2-4H2,1H3. The minimum atomic E-state index is 0.589. The summed E-state index contributed by atoms with van der Waals surface area (Å²) in [5.74, 6) is 0. The van der Waals surface area contributed by atoms with Crippen LogP contribution in [-0.2, 0) is 0 Å². The van der Waals surface area contributed by atoms with Gasteiger partial charge in [-0.05, 0) is 38.0 Å². The molecule has 1 aromatic rings. The fourth-order valence-corrected chi connectivity index (χ4v) is 2.60. The molecule has 1 saturated heterocycles. The Kier molecular flexibility index (Phi) is 2.97. The number of nitriles is 1. The molecule has 1 atom stereocenters. The van der Waals surface area contributed by atoms with Gasteiger partial charge in [0.15, 0.2) is 0 Å². The van der Waals surface area contributed by atoms with E-state index in [9.17, 15) is 0 Å². The van der Waals surface area contributed by atoms with Crippen molar-refractivity contribution < 1.29 is 0 Å². The fourth-order valence-electron chi connectivity index (χ4n) is 2.12. The van der Waals surface area contributed by atoms with Crippen LogP contribution in [0.25, 0.3) is 0 Å². The van der Waals surface area contributed by atoms with E-state index >= 15 is 0 Å². The van der Waals surface area contributed by atoms with Crippen molar-refractivity contribution in [2.75, 3.05) is 11.4 Å². The average molecular weight is 265 g/mol. The summed E-state index contributed by atoms with van der Waals surface area (Å²) in [5, 5.41) is 8.91. The predicted octanol–water partition coefficient (Wildman–Crippen LogP) is 3.31. The molecule has 15 heavy (non-hydrogen) atoms. The summed E-state index contributed by atoms with van der Waals surface area (Å²) in [7, 11) is 0. The van der Waals surface area contributed by atoms with Crippen molar-refractivity contribution in [2.45, 2.75) is 25.8 Å². The summed E-state index contributed by atoms with van der Waals surface area (Å²) in [6.07, 6.45) is 2.49. The van der Waals surface area contributed by atoms with Crippen LogP contribution in [0.3, 0.4) is 0 Å². The van der Waals surface area contributed by atoms with E-state index in [1.165, 1.54) is 12.8 Å². The topological polar surface area (TPSA) is 27.0 Å². The molecule has 78 valence electrons. The molecule has 0 aliphatic carbocycles. The van der Waals surface area contributed by atoms with Crippen LogP contribution in [0.15, 0.2) is 22.7 Å². The molecule has 0 radical (unpaired) electrons. The van der Waals surface area contributed by atoms with Gasteiger partial charge in [0.25, 0.3) is 0 Å². The fraction of sp³-hybridized carbons (Fsp3) is 0.417. The Morgan fingerprint density at radius 3 is 2.87 bits per heavy atom. The van der Waals surface area contributed by atoms with Crippen molar-refractivity contribution in [2.24, 2.45) is 0 Å². The second kappa shape index (κ2) is 4.24. The van der Waals surface area contributed by atoms with E-state index in [2.05, 4.69) is 39.9 Å². The first-order valence-electron chi connectivity index (χ1n) is 5.18. The minimum Gasteiger partial charge on any atom is -0.369 e. The quantitative estimate of drug-likeness (QED) is 0.778. The molecule has 2 rings (SSSR count). The third-order valence-corrected chi connectivity index (χ3v) is 3.35. The number of hydrogen-bond acceptors (Lipinski definition) is 2. The van der Waals surface area contributed by atoms with Gasteiger partial charge in [-0.2, -0.15) is 5.26 Å². The number of halogens is 1. The van der Waals surface area contributed by atoms with Crippen LogP contribution in [-0.4, -0.2) is 12.6 Å². The smallest absolute Gasteiger partial charge is 0.0992 e. The molecule has 0 spiro atoms. The SMILES string of the molecule is CC1CCCN1c1cc(Br)cc(C#N)c1. The second-order valence-corrected chi connectivity index (χ2v) is 4.91. The van der Waals surface area contributed by atoms with Gasteiger partial charge >= 0.3 is 0 Å². The highest BCUT2D eigenvalue weighted by atomic mass is 79.9. The molecule has 2 nitrogen and oxygen atoms in total. The Labute approximate surface area is 98.6 Å². The number of anilines is 1.